The number of guanidine groups is 1. The van der Waals surface area contributed by atoms with Gasteiger partial charge in [-0.2, -0.15) is 0 Å². The van der Waals surface area contributed by atoms with E-state index in [1.54, 1.807) is 19.2 Å². The number of likely N-dealkylation sites (tertiary alicyclic amines) is 1. The number of hydrogen-bond acceptors (Lipinski definition) is 5. The van der Waals surface area contributed by atoms with Gasteiger partial charge in [0.1, 0.15) is 5.76 Å². The second kappa shape index (κ2) is 7.67. The number of carbonyl (C=O) groups excluding carboxylic acids is 1. The summed E-state index contributed by atoms with van der Waals surface area (Å²) < 4.78 is 10.8. The first-order valence-electron chi connectivity index (χ1n) is 8.33. The molecule has 3 heterocycles. The second-order valence-corrected chi connectivity index (χ2v) is 6.07. The summed E-state index contributed by atoms with van der Waals surface area (Å²) in [5.74, 6) is 1.13. The third-order valence-electron chi connectivity index (χ3n) is 4.56. The molecule has 132 valence electrons. The van der Waals surface area contributed by atoms with Crippen LogP contribution in [0.3, 0.4) is 0 Å². The molecule has 2 aliphatic heterocycles. The first-order valence-corrected chi connectivity index (χ1v) is 8.33. The minimum absolute atomic E-state index is 0.176. The molecule has 8 heteroatoms. The molecule has 0 aromatic carbocycles. The molecule has 8 nitrogen and oxygen atoms in total. The van der Waals surface area contributed by atoms with Crippen molar-refractivity contribution in [1.82, 2.24) is 15.1 Å². The van der Waals surface area contributed by atoms with E-state index in [9.17, 15) is 4.79 Å². The Bertz CT molecular complexity index is 594. The van der Waals surface area contributed by atoms with E-state index in [4.69, 9.17) is 14.9 Å². The molecule has 0 aliphatic carbocycles. The van der Waals surface area contributed by atoms with Crippen molar-refractivity contribution in [3.8, 4) is 0 Å². The van der Waals surface area contributed by atoms with Crippen LogP contribution in [0.2, 0.25) is 0 Å². The van der Waals surface area contributed by atoms with E-state index in [1.807, 2.05) is 0 Å². The summed E-state index contributed by atoms with van der Waals surface area (Å²) in [7, 11) is 1.78. The van der Waals surface area contributed by atoms with E-state index >= 15 is 0 Å². The zero-order chi connectivity index (χ0) is 16.9. The molecule has 1 aromatic heterocycles. The molecule has 0 bridgehead atoms. The van der Waals surface area contributed by atoms with Crippen molar-refractivity contribution in [3.63, 3.8) is 0 Å². The Hall–Kier alpha value is -2.06. The maximum atomic E-state index is 11.1. The number of aliphatic imine (C=N–C) groups is 1. The second-order valence-electron chi connectivity index (χ2n) is 6.07. The third-order valence-corrected chi connectivity index (χ3v) is 4.56. The van der Waals surface area contributed by atoms with Gasteiger partial charge >= 0.3 is 0 Å². The Morgan fingerprint density at radius 1 is 1.38 bits per heavy atom. The Morgan fingerprint density at radius 3 is 2.83 bits per heavy atom. The standard InChI is InChI=1S/C16H25N5O3/c1-18-16(19-10-13-2-3-14(24-13)15(17)22)21-5-4-12(11-21)20-6-8-23-9-7-20/h2-3,12H,4-11H2,1H3,(H2,17,22)(H,18,19). The maximum absolute atomic E-state index is 11.1. The van der Waals surface area contributed by atoms with Gasteiger partial charge in [0.25, 0.3) is 5.91 Å². The molecule has 1 aromatic rings. The highest BCUT2D eigenvalue weighted by atomic mass is 16.5. The van der Waals surface area contributed by atoms with E-state index in [0.29, 0.717) is 18.3 Å². The van der Waals surface area contributed by atoms with Gasteiger partial charge in [-0.1, -0.05) is 0 Å². The van der Waals surface area contributed by atoms with Crippen molar-refractivity contribution < 1.29 is 13.9 Å². The van der Waals surface area contributed by atoms with E-state index in [-0.39, 0.29) is 5.76 Å². The molecular formula is C16H25N5O3. The van der Waals surface area contributed by atoms with Crippen LogP contribution in [0, 0.1) is 0 Å². The highest BCUT2D eigenvalue weighted by Crippen LogP contribution is 2.17. The van der Waals surface area contributed by atoms with Crippen LogP contribution in [0.4, 0.5) is 0 Å². The first kappa shape index (κ1) is 16.8. The molecule has 0 radical (unpaired) electrons. The fourth-order valence-electron chi connectivity index (χ4n) is 3.28. The first-order chi connectivity index (χ1) is 11.7. The topological polar surface area (TPSA) is 96.3 Å². The molecule has 2 fully saturated rings. The Balaban J connectivity index is 1.52. The zero-order valence-corrected chi connectivity index (χ0v) is 14.0. The number of amides is 1. The van der Waals surface area contributed by atoms with E-state index in [2.05, 4.69) is 20.1 Å². The zero-order valence-electron chi connectivity index (χ0n) is 14.0. The lowest BCUT2D eigenvalue weighted by Crippen LogP contribution is -2.46. The molecule has 1 unspecified atom stereocenters. The van der Waals surface area contributed by atoms with Crippen LogP contribution in [0.5, 0.6) is 0 Å². The van der Waals surface area contributed by atoms with Crippen molar-refractivity contribution in [3.05, 3.63) is 23.7 Å². The van der Waals surface area contributed by atoms with Crippen LogP contribution in [0.25, 0.3) is 0 Å². The number of nitrogens with zero attached hydrogens (tertiary/aromatic N) is 3. The van der Waals surface area contributed by atoms with Crippen LogP contribution in [0.15, 0.2) is 21.5 Å². The Kier molecular flexibility index (Phi) is 5.37. The molecule has 3 N–H and O–H groups in total. The summed E-state index contributed by atoms with van der Waals surface area (Å²) >= 11 is 0. The molecule has 0 spiro atoms. The minimum Gasteiger partial charge on any atom is -0.454 e. The predicted molar refractivity (Wildman–Crippen MR) is 89.8 cm³/mol. The quantitative estimate of drug-likeness (QED) is 0.587. The highest BCUT2D eigenvalue weighted by molar-refractivity contribution is 5.89. The van der Waals surface area contributed by atoms with Crippen LogP contribution in [-0.4, -0.2) is 74.1 Å². The lowest BCUT2D eigenvalue weighted by Gasteiger charge is -2.32. The summed E-state index contributed by atoms with van der Waals surface area (Å²) in [6.45, 7) is 6.07. The van der Waals surface area contributed by atoms with Gasteiger partial charge in [-0.25, -0.2) is 0 Å². The molecule has 2 aliphatic rings. The summed E-state index contributed by atoms with van der Waals surface area (Å²) in [6.07, 6.45) is 1.13. The summed E-state index contributed by atoms with van der Waals surface area (Å²) in [6, 6.07) is 3.89. The van der Waals surface area contributed by atoms with E-state index in [0.717, 1.165) is 51.8 Å². The minimum atomic E-state index is -0.557. The van der Waals surface area contributed by atoms with Crippen LogP contribution >= 0.6 is 0 Å². The number of ether oxygens (including phenoxy) is 1. The molecule has 0 saturated carbocycles. The number of nitrogens with two attached hydrogens (primary N) is 1. The number of furan rings is 1. The van der Waals surface area contributed by atoms with Gasteiger partial charge in [-0.05, 0) is 18.6 Å². The summed E-state index contributed by atoms with van der Waals surface area (Å²) in [5, 5.41) is 3.29. The van der Waals surface area contributed by atoms with E-state index in [1.165, 1.54) is 0 Å². The number of nitrogens with one attached hydrogen (secondary N) is 1. The largest absolute Gasteiger partial charge is 0.454 e. The number of carbonyl (C=O) groups is 1. The van der Waals surface area contributed by atoms with Gasteiger partial charge in [0.2, 0.25) is 0 Å². The van der Waals surface area contributed by atoms with Crippen molar-refractivity contribution in [2.75, 3.05) is 46.4 Å². The molecule has 1 amide bonds. The van der Waals surface area contributed by atoms with Gasteiger partial charge in [0, 0.05) is 39.3 Å². The number of primary amides is 1. The van der Waals surface area contributed by atoms with Crippen LogP contribution in [0.1, 0.15) is 22.7 Å². The van der Waals surface area contributed by atoms with Gasteiger partial charge in [-0.3, -0.25) is 14.7 Å². The maximum Gasteiger partial charge on any atom is 0.284 e. The lowest BCUT2D eigenvalue weighted by molar-refractivity contribution is 0.0195. The SMILES string of the molecule is CN=C(NCc1ccc(C(N)=O)o1)N1CCC(N2CCOCC2)C1. The molecule has 1 atom stereocenters. The Morgan fingerprint density at radius 2 is 2.17 bits per heavy atom. The molecule has 3 rings (SSSR count). The molecular weight excluding hydrogens is 310 g/mol. The lowest BCUT2D eigenvalue weighted by atomic mass is 10.2. The van der Waals surface area contributed by atoms with Gasteiger partial charge < -0.3 is 25.1 Å². The smallest absolute Gasteiger partial charge is 0.284 e. The fraction of sp³-hybridized carbons (Fsp3) is 0.625. The van der Waals surface area contributed by atoms with Gasteiger partial charge in [0.05, 0.1) is 19.8 Å². The van der Waals surface area contributed by atoms with Gasteiger partial charge in [0.15, 0.2) is 11.7 Å². The fourth-order valence-corrected chi connectivity index (χ4v) is 3.28. The van der Waals surface area contributed by atoms with Crippen LogP contribution in [-0.2, 0) is 11.3 Å². The molecule has 24 heavy (non-hydrogen) atoms. The average molecular weight is 335 g/mol. The highest BCUT2D eigenvalue weighted by Gasteiger charge is 2.30. The predicted octanol–water partition coefficient (Wildman–Crippen LogP) is -0.140. The summed E-state index contributed by atoms with van der Waals surface area (Å²) in [5.41, 5.74) is 5.20. The van der Waals surface area contributed by atoms with Crippen molar-refractivity contribution in [1.29, 1.82) is 0 Å². The van der Waals surface area contributed by atoms with E-state index < -0.39 is 5.91 Å². The van der Waals surface area contributed by atoms with Crippen LogP contribution < -0.4 is 11.1 Å². The van der Waals surface area contributed by atoms with Crippen molar-refractivity contribution in [2.45, 2.75) is 19.0 Å². The molecule has 2 saturated heterocycles. The van der Waals surface area contributed by atoms with Crippen molar-refractivity contribution >= 4 is 11.9 Å². The summed E-state index contributed by atoms with van der Waals surface area (Å²) in [4.78, 5) is 20.2. The normalized spacial score (nSPS) is 22.8. The van der Waals surface area contributed by atoms with Gasteiger partial charge in [-0.15, -0.1) is 0 Å². The number of morpholine rings is 1. The third kappa shape index (κ3) is 3.88. The average Bonchev–Trinajstić information content (AvgIpc) is 3.26. The Labute approximate surface area is 141 Å². The number of rotatable bonds is 4. The number of hydrogen-bond donors (Lipinski definition) is 2. The van der Waals surface area contributed by atoms with Crippen molar-refractivity contribution in [2.24, 2.45) is 10.7 Å². The monoisotopic (exact) mass is 335 g/mol.